The maximum atomic E-state index is 13.0. The fraction of sp³-hybridized carbons (Fsp3) is 0.346. The molecule has 8 nitrogen and oxygen atoms in total. The summed E-state index contributed by atoms with van der Waals surface area (Å²) in [5.41, 5.74) is 2.40. The first-order chi connectivity index (χ1) is 16.3. The van der Waals surface area contributed by atoms with Gasteiger partial charge in [0.15, 0.2) is 5.60 Å². The van der Waals surface area contributed by atoms with Crippen molar-refractivity contribution in [1.29, 1.82) is 0 Å². The largest absolute Gasteiger partial charge is 0.479 e. The number of carbonyl (C=O) groups excluding carboxylic acids is 2. The second-order valence-corrected chi connectivity index (χ2v) is 8.75. The molecule has 2 unspecified atom stereocenters. The van der Waals surface area contributed by atoms with E-state index in [0.717, 1.165) is 22.3 Å². The average molecular weight is 465 g/mol. The molecule has 1 aliphatic heterocycles. The van der Waals surface area contributed by atoms with Gasteiger partial charge < -0.3 is 25.2 Å². The van der Waals surface area contributed by atoms with Gasteiger partial charge in [0.1, 0.15) is 12.6 Å². The Hall–Kier alpha value is -3.65. The minimum absolute atomic E-state index is 0.0675. The van der Waals surface area contributed by atoms with Crippen LogP contribution in [0.5, 0.6) is 0 Å². The molecule has 1 aliphatic carbocycles. The van der Waals surface area contributed by atoms with Gasteiger partial charge in [0, 0.05) is 12.5 Å². The van der Waals surface area contributed by atoms with Crippen LogP contribution in [0.1, 0.15) is 36.3 Å². The van der Waals surface area contributed by atoms with Crippen LogP contribution >= 0.6 is 0 Å². The number of nitrogens with one attached hydrogen (secondary N) is 1. The average Bonchev–Trinajstić information content (AvgIpc) is 3.16. The summed E-state index contributed by atoms with van der Waals surface area (Å²) >= 11 is 0. The molecule has 1 fully saturated rings. The van der Waals surface area contributed by atoms with Crippen molar-refractivity contribution >= 4 is 18.0 Å². The summed E-state index contributed by atoms with van der Waals surface area (Å²) in [6.45, 7) is 3.72. The van der Waals surface area contributed by atoms with Crippen LogP contribution < -0.4 is 5.32 Å². The normalized spacial score (nSPS) is 20.1. The van der Waals surface area contributed by atoms with Crippen molar-refractivity contribution in [3.63, 3.8) is 0 Å². The van der Waals surface area contributed by atoms with Crippen LogP contribution in [0.15, 0.2) is 61.2 Å². The smallest absolute Gasteiger partial charge is 0.407 e. The molecule has 178 valence electrons. The van der Waals surface area contributed by atoms with Crippen LogP contribution in [-0.2, 0) is 14.3 Å². The highest BCUT2D eigenvalue weighted by Crippen LogP contribution is 2.44. The number of hydrogen-bond donors (Lipinski definition) is 3. The summed E-state index contributed by atoms with van der Waals surface area (Å²) in [6, 6.07) is 15.0. The summed E-state index contributed by atoms with van der Waals surface area (Å²) in [5.74, 6) is -1.96. The van der Waals surface area contributed by atoms with Crippen LogP contribution in [0, 0.1) is 0 Å². The van der Waals surface area contributed by atoms with Crippen LogP contribution in [0.4, 0.5) is 4.79 Å². The van der Waals surface area contributed by atoms with E-state index in [1.807, 2.05) is 48.5 Å². The molecule has 0 aromatic heterocycles. The second-order valence-electron chi connectivity index (χ2n) is 8.75. The van der Waals surface area contributed by atoms with Crippen LogP contribution in [-0.4, -0.2) is 64.4 Å². The van der Waals surface area contributed by atoms with E-state index in [4.69, 9.17) is 4.74 Å². The van der Waals surface area contributed by atoms with Gasteiger partial charge in [-0.1, -0.05) is 54.6 Å². The molecule has 34 heavy (non-hydrogen) atoms. The number of fused-ring (bicyclic) bond motifs is 3. The molecule has 1 heterocycles. The fourth-order valence-corrected chi connectivity index (χ4v) is 4.79. The van der Waals surface area contributed by atoms with Gasteiger partial charge >= 0.3 is 12.1 Å². The predicted molar refractivity (Wildman–Crippen MR) is 125 cm³/mol. The number of aliphatic carboxylic acids is 1. The number of β-amino-alcohol motifs (C(OH)–C–C–N with tert-alkyl or cyclic N) is 1. The van der Waals surface area contributed by atoms with Gasteiger partial charge in [0.05, 0.1) is 6.54 Å². The van der Waals surface area contributed by atoms with Crippen molar-refractivity contribution in [3.8, 4) is 11.1 Å². The molecule has 2 aliphatic rings. The number of amides is 2. The first-order valence-electron chi connectivity index (χ1n) is 11.3. The molecule has 2 aromatic carbocycles. The second kappa shape index (κ2) is 9.69. The summed E-state index contributed by atoms with van der Waals surface area (Å²) in [7, 11) is 0. The molecule has 8 heteroatoms. The third-order valence-electron chi connectivity index (χ3n) is 6.52. The number of aliphatic hydroxyl groups is 1. The standard InChI is InChI=1S/C26H28N2O6/c1-2-8-22(23(29)28-14-7-13-26(33,16-28)24(30)31)27-25(32)34-15-21-19-11-5-3-9-17(19)18-10-4-6-12-20(18)21/h2-6,9-12,21-22,33H,1,7-8,13-16H2,(H,27,32)(H,30,31). The molecule has 0 saturated carbocycles. The van der Waals surface area contributed by atoms with Gasteiger partial charge in [-0.2, -0.15) is 0 Å². The van der Waals surface area contributed by atoms with Gasteiger partial charge in [0.25, 0.3) is 0 Å². The lowest BCUT2D eigenvalue weighted by Gasteiger charge is -2.37. The maximum absolute atomic E-state index is 13.0. The summed E-state index contributed by atoms with van der Waals surface area (Å²) in [5, 5.41) is 22.2. The minimum atomic E-state index is -1.99. The number of likely N-dealkylation sites (tertiary alicyclic amines) is 1. The van der Waals surface area contributed by atoms with Crippen LogP contribution in [0.25, 0.3) is 11.1 Å². The van der Waals surface area contributed by atoms with E-state index in [0.29, 0.717) is 13.0 Å². The van der Waals surface area contributed by atoms with Crippen molar-refractivity contribution in [2.24, 2.45) is 0 Å². The Bertz CT molecular complexity index is 1070. The van der Waals surface area contributed by atoms with E-state index in [-0.39, 0.29) is 31.9 Å². The predicted octanol–water partition coefficient (Wildman–Crippen LogP) is 2.91. The number of alkyl carbamates (subject to hydrolysis) is 1. The molecule has 4 rings (SSSR count). The van der Waals surface area contributed by atoms with Crippen molar-refractivity contribution < 1.29 is 29.3 Å². The van der Waals surface area contributed by atoms with Gasteiger partial charge in [-0.05, 0) is 41.5 Å². The highest BCUT2D eigenvalue weighted by molar-refractivity contribution is 5.87. The Morgan fingerprint density at radius 3 is 2.35 bits per heavy atom. The fourth-order valence-electron chi connectivity index (χ4n) is 4.79. The molecule has 2 atom stereocenters. The van der Waals surface area contributed by atoms with Crippen molar-refractivity contribution in [1.82, 2.24) is 10.2 Å². The lowest BCUT2D eigenvalue weighted by Crippen LogP contribution is -2.58. The summed E-state index contributed by atoms with van der Waals surface area (Å²) < 4.78 is 5.53. The highest BCUT2D eigenvalue weighted by atomic mass is 16.5. The lowest BCUT2D eigenvalue weighted by molar-refractivity contribution is -0.166. The molecular formula is C26H28N2O6. The summed E-state index contributed by atoms with van der Waals surface area (Å²) in [6.07, 6.45) is 1.32. The van der Waals surface area contributed by atoms with E-state index < -0.39 is 29.6 Å². The monoisotopic (exact) mass is 464 g/mol. The third kappa shape index (κ3) is 4.54. The number of carboxylic acids is 1. The van der Waals surface area contributed by atoms with Crippen LogP contribution in [0.3, 0.4) is 0 Å². The molecular weight excluding hydrogens is 436 g/mol. The Kier molecular flexibility index (Phi) is 6.70. The molecule has 2 aromatic rings. The third-order valence-corrected chi connectivity index (χ3v) is 6.52. The Labute approximate surface area is 197 Å². The number of rotatable bonds is 7. The van der Waals surface area contributed by atoms with E-state index in [1.54, 1.807) is 0 Å². The van der Waals surface area contributed by atoms with Gasteiger partial charge in [-0.15, -0.1) is 6.58 Å². The lowest BCUT2D eigenvalue weighted by atomic mass is 9.92. The van der Waals surface area contributed by atoms with Crippen LogP contribution in [0.2, 0.25) is 0 Å². The minimum Gasteiger partial charge on any atom is -0.479 e. The maximum Gasteiger partial charge on any atom is 0.407 e. The quantitative estimate of drug-likeness (QED) is 0.543. The molecule has 1 saturated heterocycles. The van der Waals surface area contributed by atoms with Crippen molar-refractivity contribution in [2.75, 3.05) is 19.7 Å². The molecule has 0 radical (unpaired) electrons. The number of ether oxygens (including phenoxy) is 1. The van der Waals surface area contributed by atoms with Crippen molar-refractivity contribution in [3.05, 3.63) is 72.3 Å². The Morgan fingerprint density at radius 2 is 1.76 bits per heavy atom. The zero-order valence-electron chi connectivity index (χ0n) is 18.8. The number of piperidine rings is 1. The number of hydrogen-bond acceptors (Lipinski definition) is 5. The topological polar surface area (TPSA) is 116 Å². The number of nitrogens with zero attached hydrogens (tertiary/aromatic N) is 1. The first-order valence-corrected chi connectivity index (χ1v) is 11.3. The number of carboxylic acid groups (broad SMARTS) is 1. The number of benzene rings is 2. The van der Waals surface area contributed by atoms with Gasteiger partial charge in [-0.3, -0.25) is 4.79 Å². The highest BCUT2D eigenvalue weighted by Gasteiger charge is 2.43. The Balaban J connectivity index is 1.42. The zero-order chi connectivity index (χ0) is 24.3. The number of carbonyl (C=O) groups is 3. The van der Waals surface area contributed by atoms with E-state index in [2.05, 4.69) is 11.9 Å². The van der Waals surface area contributed by atoms with E-state index in [9.17, 15) is 24.6 Å². The first kappa shape index (κ1) is 23.5. The van der Waals surface area contributed by atoms with E-state index >= 15 is 0 Å². The zero-order valence-corrected chi connectivity index (χ0v) is 18.8. The SMILES string of the molecule is C=CCC(NC(=O)OCC1c2ccccc2-c2ccccc21)C(=O)N1CCCC(O)(C(=O)O)C1. The Morgan fingerprint density at radius 1 is 1.15 bits per heavy atom. The van der Waals surface area contributed by atoms with E-state index in [1.165, 1.54) is 11.0 Å². The van der Waals surface area contributed by atoms with Gasteiger partial charge in [-0.25, -0.2) is 9.59 Å². The molecule has 0 bridgehead atoms. The summed E-state index contributed by atoms with van der Waals surface area (Å²) in [4.78, 5) is 38.4. The molecule has 0 spiro atoms. The van der Waals surface area contributed by atoms with Crippen molar-refractivity contribution in [2.45, 2.75) is 36.8 Å². The molecule has 2 amide bonds. The van der Waals surface area contributed by atoms with Gasteiger partial charge in [0.2, 0.25) is 5.91 Å². The molecule has 3 N–H and O–H groups in total.